The summed E-state index contributed by atoms with van der Waals surface area (Å²) in [7, 11) is 0. The first-order chi connectivity index (χ1) is 6.65. The van der Waals surface area contributed by atoms with Crippen LogP contribution in [-0.4, -0.2) is 17.8 Å². The van der Waals surface area contributed by atoms with Crippen LogP contribution in [0.5, 0.6) is 0 Å². The van der Waals surface area contributed by atoms with Gasteiger partial charge in [-0.15, -0.1) is 0 Å². The monoisotopic (exact) mass is 259 g/mol. The van der Waals surface area contributed by atoms with Crippen LogP contribution in [0.2, 0.25) is 0 Å². The zero-order valence-electron chi connectivity index (χ0n) is 7.81. The summed E-state index contributed by atoms with van der Waals surface area (Å²) in [5.41, 5.74) is 0.973. The fourth-order valence-corrected chi connectivity index (χ4v) is 1.27. The van der Waals surface area contributed by atoms with E-state index in [9.17, 15) is 9.18 Å². The third kappa shape index (κ3) is 2.80. The molecule has 0 saturated heterocycles. The Labute approximate surface area is 90.6 Å². The van der Waals surface area contributed by atoms with Crippen molar-refractivity contribution in [2.75, 3.05) is 11.9 Å². The van der Waals surface area contributed by atoms with Crippen molar-refractivity contribution in [2.45, 2.75) is 6.92 Å². The normalized spacial score (nSPS) is 9.93. The summed E-state index contributed by atoms with van der Waals surface area (Å²) in [5.74, 6) is -0.853. The summed E-state index contributed by atoms with van der Waals surface area (Å²) in [6.07, 6.45) is 0. The van der Waals surface area contributed by atoms with E-state index in [1.807, 2.05) is 6.92 Å². The van der Waals surface area contributed by atoms with E-state index in [2.05, 4.69) is 21.2 Å². The summed E-state index contributed by atoms with van der Waals surface area (Å²) in [4.78, 5) is 11.4. The summed E-state index contributed by atoms with van der Waals surface area (Å²) >= 11 is 3.17. The number of alkyl halides is 1. The largest absolute Gasteiger partial charge is 0.351 e. The maximum absolute atomic E-state index is 13.2. The number of halogens is 2. The van der Waals surface area contributed by atoms with Gasteiger partial charge in [0.1, 0.15) is 5.82 Å². The van der Waals surface area contributed by atoms with Crippen molar-refractivity contribution in [2.24, 2.45) is 0 Å². The van der Waals surface area contributed by atoms with Gasteiger partial charge in [0.2, 0.25) is 0 Å². The number of hydrogen-bond acceptors (Lipinski definition) is 1. The Kier molecular flexibility index (Phi) is 4.07. The van der Waals surface area contributed by atoms with Gasteiger partial charge in [-0.3, -0.25) is 4.79 Å². The van der Waals surface area contributed by atoms with Crippen molar-refractivity contribution in [1.29, 1.82) is 0 Å². The van der Waals surface area contributed by atoms with E-state index in [4.69, 9.17) is 0 Å². The number of rotatable bonds is 3. The topological polar surface area (TPSA) is 29.1 Å². The van der Waals surface area contributed by atoms with E-state index in [1.54, 1.807) is 12.1 Å². The van der Waals surface area contributed by atoms with Gasteiger partial charge in [0.05, 0.1) is 5.56 Å². The number of nitrogens with one attached hydrogen (secondary N) is 1. The lowest BCUT2D eigenvalue weighted by molar-refractivity contribution is 0.0952. The first-order valence-electron chi connectivity index (χ1n) is 4.25. The third-order valence-corrected chi connectivity index (χ3v) is 2.14. The first kappa shape index (κ1) is 11.2. The summed E-state index contributed by atoms with van der Waals surface area (Å²) in [6.45, 7) is 2.31. The molecule has 0 aliphatic heterocycles. The van der Waals surface area contributed by atoms with Crippen molar-refractivity contribution < 1.29 is 9.18 Å². The second-order valence-electron chi connectivity index (χ2n) is 2.93. The van der Waals surface area contributed by atoms with Crippen molar-refractivity contribution in [3.05, 3.63) is 35.1 Å². The SMILES string of the molecule is Cc1ccc(F)c(C(=O)NCCBr)c1. The molecule has 1 aromatic rings. The Balaban J connectivity index is 2.83. The molecule has 4 heteroatoms. The van der Waals surface area contributed by atoms with E-state index in [1.165, 1.54) is 6.07 Å². The number of carbonyl (C=O) groups excluding carboxylic acids is 1. The van der Waals surface area contributed by atoms with Crippen molar-refractivity contribution in [3.8, 4) is 0 Å². The Morgan fingerprint density at radius 1 is 1.57 bits per heavy atom. The molecule has 0 unspecified atom stereocenters. The molecule has 0 aliphatic carbocycles. The molecule has 1 N–H and O–H groups in total. The minimum atomic E-state index is -0.484. The van der Waals surface area contributed by atoms with E-state index in [0.717, 1.165) is 5.56 Å². The lowest BCUT2D eigenvalue weighted by atomic mass is 10.1. The molecule has 0 heterocycles. The van der Waals surface area contributed by atoms with Gasteiger partial charge in [-0.25, -0.2) is 4.39 Å². The Morgan fingerprint density at radius 3 is 2.93 bits per heavy atom. The predicted molar refractivity (Wildman–Crippen MR) is 57.3 cm³/mol. The summed E-state index contributed by atoms with van der Waals surface area (Å²) in [5, 5.41) is 3.25. The van der Waals surface area contributed by atoms with Gasteiger partial charge in [-0.1, -0.05) is 27.6 Å². The van der Waals surface area contributed by atoms with Crippen LogP contribution in [-0.2, 0) is 0 Å². The van der Waals surface area contributed by atoms with Crippen LogP contribution in [0, 0.1) is 12.7 Å². The maximum Gasteiger partial charge on any atom is 0.254 e. The second-order valence-corrected chi connectivity index (χ2v) is 3.72. The molecule has 0 atom stereocenters. The van der Waals surface area contributed by atoms with Gasteiger partial charge in [0.15, 0.2) is 0 Å². The molecule has 0 fully saturated rings. The van der Waals surface area contributed by atoms with Gasteiger partial charge in [-0.2, -0.15) is 0 Å². The molecule has 0 bridgehead atoms. The smallest absolute Gasteiger partial charge is 0.254 e. The zero-order chi connectivity index (χ0) is 10.6. The molecule has 0 radical (unpaired) electrons. The van der Waals surface area contributed by atoms with Crippen LogP contribution in [0.4, 0.5) is 4.39 Å². The predicted octanol–water partition coefficient (Wildman–Crippen LogP) is 2.26. The van der Waals surface area contributed by atoms with E-state index >= 15 is 0 Å². The molecule has 0 spiro atoms. The van der Waals surface area contributed by atoms with Gasteiger partial charge in [-0.05, 0) is 19.1 Å². The fourth-order valence-electron chi connectivity index (χ4n) is 1.07. The Bertz CT molecular complexity index is 341. The van der Waals surface area contributed by atoms with Crippen LogP contribution in [0.15, 0.2) is 18.2 Å². The molecular weight excluding hydrogens is 249 g/mol. The number of amides is 1. The molecule has 0 saturated carbocycles. The number of carbonyl (C=O) groups is 1. The average Bonchev–Trinajstić information content (AvgIpc) is 2.18. The van der Waals surface area contributed by atoms with Gasteiger partial charge in [0.25, 0.3) is 5.91 Å². The molecule has 1 rings (SSSR count). The van der Waals surface area contributed by atoms with Gasteiger partial charge >= 0.3 is 0 Å². The van der Waals surface area contributed by atoms with E-state index < -0.39 is 5.82 Å². The third-order valence-electron chi connectivity index (χ3n) is 1.75. The van der Waals surface area contributed by atoms with Gasteiger partial charge in [0, 0.05) is 11.9 Å². The molecule has 1 aromatic carbocycles. The summed E-state index contributed by atoms with van der Waals surface area (Å²) < 4.78 is 13.2. The first-order valence-corrected chi connectivity index (χ1v) is 5.37. The number of benzene rings is 1. The highest BCUT2D eigenvalue weighted by molar-refractivity contribution is 9.09. The molecule has 1 amide bonds. The maximum atomic E-state index is 13.2. The lowest BCUT2D eigenvalue weighted by Gasteiger charge is -2.04. The molecule has 0 aliphatic rings. The Hall–Kier alpha value is -0.900. The second kappa shape index (κ2) is 5.10. The quantitative estimate of drug-likeness (QED) is 0.830. The Morgan fingerprint density at radius 2 is 2.29 bits per heavy atom. The molecule has 76 valence electrons. The molecule has 14 heavy (non-hydrogen) atoms. The van der Waals surface area contributed by atoms with Crippen LogP contribution in [0.3, 0.4) is 0 Å². The highest BCUT2D eigenvalue weighted by Gasteiger charge is 2.10. The minimum Gasteiger partial charge on any atom is -0.351 e. The average molecular weight is 260 g/mol. The fraction of sp³-hybridized carbons (Fsp3) is 0.300. The lowest BCUT2D eigenvalue weighted by Crippen LogP contribution is -2.26. The molecular formula is C10H11BrFNO. The van der Waals surface area contributed by atoms with Crippen LogP contribution in [0.25, 0.3) is 0 Å². The van der Waals surface area contributed by atoms with Crippen molar-refractivity contribution in [1.82, 2.24) is 5.32 Å². The van der Waals surface area contributed by atoms with Crippen molar-refractivity contribution in [3.63, 3.8) is 0 Å². The highest BCUT2D eigenvalue weighted by Crippen LogP contribution is 2.09. The minimum absolute atomic E-state index is 0.103. The molecule has 2 nitrogen and oxygen atoms in total. The molecule has 0 aromatic heterocycles. The van der Waals surface area contributed by atoms with Crippen molar-refractivity contribution >= 4 is 21.8 Å². The van der Waals surface area contributed by atoms with Crippen LogP contribution < -0.4 is 5.32 Å². The van der Waals surface area contributed by atoms with Crippen LogP contribution in [0.1, 0.15) is 15.9 Å². The number of aryl methyl sites for hydroxylation is 1. The van der Waals surface area contributed by atoms with Gasteiger partial charge < -0.3 is 5.32 Å². The standard InChI is InChI=1S/C10H11BrFNO/c1-7-2-3-9(12)8(6-7)10(14)13-5-4-11/h2-3,6H,4-5H2,1H3,(H,13,14). The highest BCUT2D eigenvalue weighted by atomic mass is 79.9. The van der Waals surface area contributed by atoms with E-state index in [-0.39, 0.29) is 11.5 Å². The summed E-state index contributed by atoms with van der Waals surface area (Å²) in [6, 6.07) is 4.48. The zero-order valence-corrected chi connectivity index (χ0v) is 9.40. The number of hydrogen-bond donors (Lipinski definition) is 1. The van der Waals surface area contributed by atoms with Crippen LogP contribution >= 0.6 is 15.9 Å². The van der Waals surface area contributed by atoms with E-state index in [0.29, 0.717) is 11.9 Å².